The minimum Gasteiger partial charge on any atom is -0.481 e. The lowest BCUT2D eigenvalue weighted by Gasteiger charge is -2.07. The molecule has 0 aromatic rings. The van der Waals surface area contributed by atoms with Crippen LogP contribution >= 0.6 is 0 Å². The summed E-state index contributed by atoms with van der Waals surface area (Å²) in [5.41, 5.74) is 0. The molecular weight excluding hydrogens is 248 g/mol. The van der Waals surface area contributed by atoms with Crippen LogP contribution in [0.5, 0.6) is 0 Å². The van der Waals surface area contributed by atoms with Gasteiger partial charge in [-0.25, -0.2) is 0 Å². The van der Waals surface area contributed by atoms with Crippen LogP contribution < -0.4 is 0 Å². The fourth-order valence-corrected chi connectivity index (χ4v) is 1.11. The van der Waals surface area contributed by atoms with Gasteiger partial charge in [-0.15, -0.1) is 0 Å². The average molecular weight is 256 g/mol. The third-order valence-electron chi connectivity index (χ3n) is 1.38. The van der Waals surface area contributed by atoms with E-state index in [1.807, 2.05) is 0 Å². The van der Waals surface area contributed by atoms with E-state index in [0.29, 0.717) is 0 Å². The molecule has 0 aliphatic rings. The summed E-state index contributed by atoms with van der Waals surface area (Å²) in [6.45, 7) is 0. The van der Waals surface area contributed by atoms with Gasteiger partial charge >= 0.3 is 28.3 Å². The first-order valence-corrected chi connectivity index (χ1v) is 5.12. The van der Waals surface area contributed by atoms with Crippen LogP contribution in [0.25, 0.3) is 0 Å². The van der Waals surface area contributed by atoms with Crippen LogP contribution in [0.1, 0.15) is 12.8 Å². The van der Waals surface area contributed by atoms with Gasteiger partial charge in [-0.05, 0) is 0 Å². The van der Waals surface area contributed by atoms with Crippen LogP contribution in [-0.2, 0) is 29.0 Å². The van der Waals surface area contributed by atoms with E-state index in [4.69, 9.17) is 14.8 Å². The first-order chi connectivity index (χ1) is 7.11. The zero-order valence-electron chi connectivity index (χ0n) is 7.69. The molecule has 0 saturated carbocycles. The zero-order valence-corrected chi connectivity index (χ0v) is 8.51. The topological polar surface area (TPSA) is 155 Å². The highest BCUT2D eigenvalue weighted by molar-refractivity contribution is 7.81. The van der Waals surface area contributed by atoms with Gasteiger partial charge in [-0.2, -0.15) is 8.42 Å². The molecule has 0 aromatic carbocycles. The smallest absolute Gasteiger partial charge is 0.448 e. The maximum absolute atomic E-state index is 10.7. The van der Waals surface area contributed by atoms with Crippen molar-refractivity contribution in [2.75, 3.05) is 0 Å². The fraction of sp³-hybridized carbons (Fsp3) is 0.500. The van der Waals surface area contributed by atoms with Crippen LogP contribution in [-0.4, -0.2) is 41.1 Å². The van der Waals surface area contributed by atoms with Crippen molar-refractivity contribution in [3.05, 3.63) is 0 Å². The number of carboxylic acids is 2. The molecule has 3 N–H and O–H groups in total. The van der Waals surface area contributed by atoms with Gasteiger partial charge in [0.05, 0.1) is 18.8 Å². The summed E-state index contributed by atoms with van der Waals surface area (Å²) in [6.07, 6.45) is -1.84. The molecule has 0 aromatic heterocycles. The van der Waals surface area contributed by atoms with E-state index < -0.39 is 47.1 Å². The van der Waals surface area contributed by atoms with E-state index >= 15 is 0 Å². The molecule has 0 aliphatic carbocycles. The van der Waals surface area contributed by atoms with Crippen LogP contribution in [0.4, 0.5) is 0 Å². The Bertz CT molecular complexity index is 394. The number of carbonyl (C=O) groups is 3. The van der Waals surface area contributed by atoms with Crippen LogP contribution in [0, 0.1) is 5.92 Å². The largest absolute Gasteiger partial charge is 0.481 e. The lowest BCUT2D eigenvalue weighted by molar-refractivity contribution is -0.151. The molecule has 0 fully saturated rings. The molecule has 16 heavy (non-hydrogen) atoms. The molecule has 1 unspecified atom stereocenters. The van der Waals surface area contributed by atoms with Crippen LogP contribution in [0.2, 0.25) is 0 Å². The average Bonchev–Trinajstić information content (AvgIpc) is 1.97. The molecule has 0 rings (SSSR count). The molecule has 1 atom stereocenters. The number of carboxylic acid groups (broad SMARTS) is 2. The summed E-state index contributed by atoms with van der Waals surface area (Å²) < 4.78 is 31.6. The van der Waals surface area contributed by atoms with E-state index in [0.717, 1.165) is 0 Å². The number of aliphatic carboxylic acids is 2. The lowest BCUT2D eigenvalue weighted by atomic mass is 10.0. The number of hydrogen-bond acceptors (Lipinski definition) is 6. The number of rotatable bonds is 6. The SMILES string of the molecule is O=C(O)CC(CC(=O)OS(=O)(=O)O)C(=O)O. The van der Waals surface area contributed by atoms with Gasteiger partial charge in [0.25, 0.3) is 0 Å². The van der Waals surface area contributed by atoms with Crippen molar-refractivity contribution in [1.29, 1.82) is 0 Å². The second-order valence-corrected chi connectivity index (χ2v) is 3.74. The number of hydrogen-bond donors (Lipinski definition) is 3. The summed E-state index contributed by atoms with van der Waals surface area (Å²) in [4.78, 5) is 31.4. The Balaban J connectivity index is 4.47. The third kappa shape index (κ3) is 6.73. The minimum atomic E-state index is -5.01. The zero-order chi connectivity index (χ0) is 12.9. The summed E-state index contributed by atoms with van der Waals surface area (Å²) in [5.74, 6) is -6.22. The maximum atomic E-state index is 10.7. The van der Waals surface area contributed by atoms with Crippen molar-refractivity contribution >= 4 is 28.3 Å². The lowest BCUT2D eigenvalue weighted by Crippen LogP contribution is -2.23. The van der Waals surface area contributed by atoms with Gasteiger partial charge < -0.3 is 14.4 Å². The van der Waals surface area contributed by atoms with Gasteiger partial charge in [0.2, 0.25) is 0 Å². The molecular formula is C6H8O9S. The van der Waals surface area contributed by atoms with Crippen molar-refractivity contribution < 1.29 is 41.8 Å². The second kappa shape index (κ2) is 5.42. The predicted octanol–water partition coefficient (Wildman–Crippen LogP) is -1.10. The van der Waals surface area contributed by atoms with Crippen molar-refractivity contribution in [2.45, 2.75) is 12.8 Å². The second-order valence-electron chi connectivity index (χ2n) is 2.72. The molecule has 0 spiro atoms. The highest BCUT2D eigenvalue weighted by Gasteiger charge is 2.26. The molecule has 0 heterocycles. The van der Waals surface area contributed by atoms with Crippen LogP contribution in [0.15, 0.2) is 0 Å². The van der Waals surface area contributed by atoms with Gasteiger partial charge in [0, 0.05) is 0 Å². The van der Waals surface area contributed by atoms with Gasteiger partial charge in [-0.1, -0.05) is 0 Å². The highest BCUT2D eigenvalue weighted by atomic mass is 32.3. The van der Waals surface area contributed by atoms with Crippen molar-refractivity contribution in [2.24, 2.45) is 5.92 Å². The van der Waals surface area contributed by atoms with Crippen LogP contribution in [0.3, 0.4) is 0 Å². The van der Waals surface area contributed by atoms with Gasteiger partial charge in [0.15, 0.2) is 0 Å². The van der Waals surface area contributed by atoms with Gasteiger partial charge in [0.1, 0.15) is 0 Å². The fourth-order valence-electron chi connectivity index (χ4n) is 0.810. The summed E-state index contributed by atoms with van der Waals surface area (Å²) in [6, 6.07) is 0. The predicted molar refractivity (Wildman–Crippen MR) is 45.6 cm³/mol. The molecule has 0 bridgehead atoms. The van der Waals surface area contributed by atoms with E-state index in [1.165, 1.54) is 0 Å². The molecule has 0 aliphatic heterocycles. The third-order valence-corrected chi connectivity index (χ3v) is 1.78. The molecule has 92 valence electrons. The Labute approximate surface area is 89.6 Å². The summed E-state index contributed by atoms with van der Waals surface area (Å²) in [7, 11) is -5.01. The highest BCUT2D eigenvalue weighted by Crippen LogP contribution is 2.11. The van der Waals surface area contributed by atoms with Crippen molar-refractivity contribution in [1.82, 2.24) is 0 Å². The van der Waals surface area contributed by atoms with E-state index in [2.05, 4.69) is 4.18 Å². The molecule has 0 radical (unpaired) electrons. The Morgan fingerprint density at radius 1 is 1.12 bits per heavy atom. The monoisotopic (exact) mass is 256 g/mol. The van der Waals surface area contributed by atoms with E-state index in [9.17, 15) is 22.8 Å². The first kappa shape index (κ1) is 14.3. The Morgan fingerprint density at radius 2 is 1.62 bits per heavy atom. The summed E-state index contributed by atoms with van der Waals surface area (Å²) >= 11 is 0. The first-order valence-electron chi connectivity index (χ1n) is 3.76. The Hall–Kier alpha value is -1.68. The standard InChI is InChI=1S/C6H8O9S/c7-4(8)1-3(6(10)11)2-5(9)15-16(12,13)14/h3H,1-2H2,(H,7,8)(H,10,11)(H,12,13,14). The minimum absolute atomic E-state index is 0.865. The molecule has 10 heteroatoms. The molecule has 9 nitrogen and oxygen atoms in total. The quantitative estimate of drug-likeness (QED) is 0.502. The van der Waals surface area contributed by atoms with E-state index in [-0.39, 0.29) is 0 Å². The van der Waals surface area contributed by atoms with E-state index in [1.54, 1.807) is 0 Å². The molecule has 0 amide bonds. The summed E-state index contributed by atoms with van der Waals surface area (Å²) in [5, 5.41) is 16.8. The van der Waals surface area contributed by atoms with Crippen molar-refractivity contribution in [3.8, 4) is 0 Å². The molecule has 0 saturated heterocycles. The Morgan fingerprint density at radius 3 is 1.94 bits per heavy atom. The maximum Gasteiger partial charge on any atom is 0.448 e. The Kier molecular flexibility index (Phi) is 4.85. The van der Waals surface area contributed by atoms with Gasteiger partial charge in [-0.3, -0.25) is 18.9 Å². The number of carbonyl (C=O) groups excluding carboxylic acids is 1. The van der Waals surface area contributed by atoms with Crippen molar-refractivity contribution in [3.63, 3.8) is 0 Å². The normalized spacial score (nSPS) is 12.8.